The maximum Gasteiger partial charge on any atom is 0.364 e. The average molecular weight is 1450 g/mol. The molecular weight excluding hydrogens is 1300 g/mol. The molecule has 0 aromatic rings. The topological polar surface area (TPSA) is 373 Å². The number of aliphatic hydroxyl groups is 11. The van der Waals surface area contributed by atoms with Crippen molar-refractivity contribution in [3.63, 3.8) is 0 Å². The Morgan fingerprint density at radius 1 is 0.475 bits per heavy atom. The second-order valence-electron chi connectivity index (χ2n) is 30.0. The summed E-state index contributed by atoms with van der Waals surface area (Å²) < 4.78 is 35.0. The number of ether oxygens (including phenoxy) is 6. The van der Waals surface area contributed by atoms with E-state index in [1.165, 1.54) is 244 Å². The number of hydrogen-bond donors (Lipinski definition) is 14. The number of aliphatic carboxylic acids is 1. The number of amides is 2. The predicted molar refractivity (Wildman–Crippen MR) is 389 cm³/mol. The van der Waals surface area contributed by atoms with Crippen LogP contribution in [0.25, 0.3) is 0 Å². The van der Waals surface area contributed by atoms with Crippen molar-refractivity contribution in [3.05, 3.63) is 0 Å². The van der Waals surface area contributed by atoms with Crippen LogP contribution >= 0.6 is 0 Å². The molecule has 3 saturated heterocycles. The molecule has 101 heavy (non-hydrogen) atoms. The molecule has 0 aromatic heterocycles. The fourth-order valence-electron chi connectivity index (χ4n) is 14.6. The van der Waals surface area contributed by atoms with Crippen molar-refractivity contribution in [1.82, 2.24) is 10.6 Å². The zero-order valence-electron chi connectivity index (χ0n) is 63.0. The van der Waals surface area contributed by atoms with E-state index < -0.39 is 148 Å². The number of unbranched alkanes of at least 4 members (excludes halogenated alkanes) is 45. The van der Waals surface area contributed by atoms with E-state index in [9.17, 15) is 75.7 Å². The summed E-state index contributed by atoms with van der Waals surface area (Å²) in [7, 11) is 0. The van der Waals surface area contributed by atoms with Gasteiger partial charge in [-0.3, -0.25) is 9.59 Å². The fourth-order valence-corrected chi connectivity index (χ4v) is 14.6. The molecular formula is C78H148N2O21. The first-order valence-corrected chi connectivity index (χ1v) is 40.9. The van der Waals surface area contributed by atoms with Crippen LogP contribution in [0.5, 0.6) is 0 Å². The normalized spacial score (nSPS) is 26.7. The third-order valence-electron chi connectivity index (χ3n) is 21.1. The molecule has 18 atom stereocenters. The average Bonchev–Trinajstić information content (AvgIpc) is 0.756. The summed E-state index contributed by atoms with van der Waals surface area (Å²) in [5, 5.41) is 137. The maximum absolute atomic E-state index is 13.6. The second kappa shape index (κ2) is 57.8. The van der Waals surface area contributed by atoms with Crippen LogP contribution in [0.1, 0.15) is 342 Å². The van der Waals surface area contributed by atoms with Crippen molar-refractivity contribution in [2.45, 2.75) is 452 Å². The summed E-state index contributed by atoms with van der Waals surface area (Å²) in [6, 6.07) is -2.53. The Bertz CT molecular complexity index is 2020. The van der Waals surface area contributed by atoms with E-state index in [-0.39, 0.29) is 18.9 Å². The summed E-state index contributed by atoms with van der Waals surface area (Å²) in [4.78, 5) is 38.7. The predicted octanol–water partition coefficient (Wildman–Crippen LogP) is 10.8. The lowest BCUT2D eigenvalue weighted by molar-refractivity contribution is -0.386. The molecule has 23 nitrogen and oxygen atoms in total. The van der Waals surface area contributed by atoms with Crippen LogP contribution in [0.2, 0.25) is 0 Å². The molecule has 3 rings (SSSR count). The van der Waals surface area contributed by atoms with Gasteiger partial charge in [-0.2, -0.15) is 0 Å². The Kier molecular flexibility index (Phi) is 53.2. The van der Waals surface area contributed by atoms with Crippen molar-refractivity contribution in [2.24, 2.45) is 0 Å². The summed E-state index contributed by atoms with van der Waals surface area (Å²) >= 11 is 0. The van der Waals surface area contributed by atoms with Gasteiger partial charge in [0.05, 0.1) is 50.7 Å². The van der Waals surface area contributed by atoms with Crippen molar-refractivity contribution >= 4 is 17.8 Å². The highest BCUT2D eigenvalue weighted by Crippen LogP contribution is 2.39. The smallest absolute Gasteiger partial charge is 0.364 e. The highest BCUT2D eigenvalue weighted by molar-refractivity contribution is 5.77. The third-order valence-corrected chi connectivity index (χ3v) is 21.1. The van der Waals surface area contributed by atoms with Gasteiger partial charge in [0, 0.05) is 19.8 Å². The summed E-state index contributed by atoms with van der Waals surface area (Å²) in [6.07, 6.45) is 30.9. The highest BCUT2D eigenvalue weighted by atomic mass is 16.8. The molecule has 3 aliphatic heterocycles. The first-order chi connectivity index (χ1) is 48.9. The summed E-state index contributed by atoms with van der Waals surface area (Å²) in [6.45, 7) is 2.27. The van der Waals surface area contributed by atoms with E-state index in [0.717, 1.165) is 51.9 Å². The zero-order chi connectivity index (χ0) is 73.9. The van der Waals surface area contributed by atoms with E-state index in [0.29, 0.717) is 19.3 Å². The Morgan fingerprint density at radius 2 is 0.861 bits per heavy atom. The number of carboxylic acid groups (broad SMARTS) is 1. The lowest BCUT2D eigenvalue weighted by Crippen LogP contribution is -2.70. The summed E-state index contributed by atoms with van der Waals surface area (Å²) in [5.74, 6) is -6.09. The van der Waals surface area contributed by atoms with E-state index >= 15 is 0 Å². The van der Waals surface area contributed by atoms with Gasteiger partial charge in [0.15, 0.2) is 12.6 Å². The number of carboxylic acids is 1. The molecule has 0 spiro atoms. The monoisotopic (exact) mass is 1450 g/mol. The minimum absolute atomic E-state index is 0.230. The molecule has 0 saturated carbocycles. The summed E-state index contributed by atoms with van der Waals surface area (Å²) in [5.41, 5.74) is 0. The molecule has 3 heterocycles. The number of carbonyl (C=O) groups excluding carboxylic acids is 2. The molecule has 0 aromatic carbocycles. The number of aliphatic hydroxyl groups excluding tert-OH is 11. The SMILES string of the molecule is CCCCCCCCCCCCCCCCCCCCCCCCCCCCC(=O)NC(COC1OC(CO)C(OC2OC(CO)C(O)C(OC3(C(=O)O)CC(O)C(NC(C)=O)C(C(O)C(O)CO)O3)C2O)C(O)C1O)C(O)CCCCCCCCCCCCCCCCCCCCCCC. The molecule has 18 unspecified atom stereocenters. The quantitative estimate of drug-likeness (QED) is 0.0252. The molecule has 2 amide bonds. The van der Waals surface area contributed by atoms with Gasteiger partial charge in [-0.15, -0.1) is 0 Å². The molecule has 0 bridgehead atoms. The lowest BCUT2D eigenvalue weighted by atomic mass is 9.88. The van der Waals surface area contributed by atoms with Crippen LogP contribution in [-0.2, 0) is 42.8 Å². The van der Waals surface area contributed by atoms with E-state index in [4.69, 9.17) is 28.4 Å². The van der Waals surface area contributed by atoms with Crippen molar-refractivity contribution in [3.8, 4) is 0 Å². The maximum atomic E-state index is 13.6. The van der Waals surface area contributed by atoms with Crippen molar-refractivity contribution in [1.29, 1.82) is 0 Å². The van der Waals surface area contributed by atoms with Gasteiger partial charge in [-0.05, 0) is 12.8 Å². The van der Waals surface area contributed by atoms with Crippen LogP contribution in [0.15, 0.2) is 0 Å². The molecule has 3 fully saturated rings. The Morgan fingerprint density at radius 3 is 1.24 bits per heavy atom. The third kappa shape index (κ3) is 38.4. The van der Waals surface area contributed by atoms with Crippen LogP contribution in [-0.4, -0.2) is 215 Å². The van der Waals surface area contributed by atoms with Gasteiger partial charge in [0.2, 0.25) is 11.8 Å². The molecule has 3 aliphatic rings. The van der Waals surface area contributed by atoms with Gasteiger partial charge in [-0.25, -0.2) is 4.79 Å². The largest absolute Gasteiger partial charge is 0.477 e. The van der Waals surface area contributed by atoms with Crippen LogP contribution in [0.4, 0.5) is 0 Å². The number of hydrogen-bond acceptors (Lipinski definition) is 20. The van der Waals surface area contributed by atoms with E-state index in [2.05, 4.69) is 24.5 Å². The first kappa shape index (κ1) is 92.9. The Labute approximate surface area is 608 Å². The minimum Gasteiger partial charge on any atom is -0.477 e. The van der Waals surface area contributed by atoms with E-state index in [1.54, 1.807) is 0 Å². The van der Waals surface area contributed by atoms with Crippen molar-refractivity contribution < 1.29 is 104 Å². The fraction of sp³-hybridized carbons (Fsp3) is 0.962. The van der Waals surface area contributed by atoms with Crippen LogP contribution < -0.4 is 10.6 Å². The Balaban J connectivity index is 1.50. The van der Waals surface area contributed by atoms with Gasteiger partial charge < -0.3 is 100 Å². The van der Waals surface area contributed by atoms with E-state index in [1.807, 2.05) is 0 Å². The highest BCUT2D eigenvalue weighted by Gasteiger charge is 2.60. The van der Waals surface area contributed by atoms with Crippen molar-refractivity contribution in [2.75, 3.05) is 26.4 Å². The minimum atomic E-state index is -3.08. The van der Waals surface area contributed by atoms with Crippen LogP contribution in [0, 0.1) is 0 Å². The van der Waals surface area contributed by atoms with Crippen LogP contribution in [0.3, 0.4) is 0 Å². The molecule has 23 heteroatoms. The molecule has 596 valence electrons. The second-order valence-corrected chi connectivity index (χ2v) is 30.0. The van der Waals surface area contributed by atoms with Gasteiger partial charge in [0.1, 0.15) is 67.1 Å². The number of rotatable bonds is 65. The van der Waals surface area contributed by atoms with Gasteiger partial charge in [0.25, 0.3) is 5.79 Å². The molecule has 0 aliphatic carbocycles. The number of carbonyl (C=O) groups is 3. The van der Waals surface area contributed by atoms with Gasteiger partial charge in [-0.1, -0.05) is 309 Å². The lowest BCUT2D eigenvalue weighted by Gasteiger charge is -2.50. The molecule has 0 radical (unpaired) electrons. The molecule has 14 N–H and O–H groups in total. The first-order valence-electron chi connectivity index (χ1n) is 40.9. The standard InChI is InChI=1S/C78H148N2O21/c1-4-6-8-10-12-14-16-18-20-22-24-26-27-28-29-30-32-34-36-38-40-42-44-46-48-50-52-65(88)80-59(60(85)51-49-47-45-43-41-39-37-35-33-31-25-23-21-19-17-15-13-11-9-7-5-2)57-96-75-70(92)69(91)72(64(56-83)98-75)99-76-71(93)74(68(90)63(55-82)97-76)101-78(77(94)95)53-61(86)66(79-58(3)84)73(100-78)67(89)62(87)54-81/h59-64,66-76,81-83,85-87,89-93H,4-57H2,1-3H3,(H,79,84)(H,80,88)(H,94,95). The zero-order valence-corrected chi connectivity index (χ0v) is 63.0. The Hall–Kier alpha value is -2.27. The van der Waals surface area contributed by atoms with Gasteiger partial charge >= 0.3 is 5.97 Å². The number of nitrogens with one attached hydrogen (secondary N) is 2.